The van der Waals surface area contributed by atoms with Gasteiger partial charge in [-0.25, -0.2) is 0 Å². The van der Waals surface area contributed by atoms with Gasteiger partial charge in [0.05, 0.1) is 26.1 Å². The number of aliphatic hydroxyl groups excluding tert-OH is 1. The standard InChI is InChI=1S/C67H115N25O19S3/c1-33(2)25-41(81-49(95)28-79-55(102)44(30-93)89-53(100)35(5)80-36(6)94)57(104)90-46-32-114-113-31-45(59(106)88-43(27-51(97)98)64(111)92-23-12-16-47(92)61(108)83-37(52(68)99)13-8-19-75-65(69)70)82-50(96)29-78-54(101)38(14-9-20-76-66(71)72)84-58(105)42(26-34(3)4)87-56(103)39(15-10-21-77-67(73)74)85-62(109)48-17-11-22-91(48)63(110)40(18-24-112-7)86-60(46)107/h33-35,37-48,93H,8-32H2,1-7H3,(H2,68,99)(H,78,101)(H,79,102)(H,80,94)(H,81,95)(H,82,96)(H,83,108)(H,84,105)(H,85,109)(H,86,107)(H,87,103)(H,88,106)(H,89,100)(H,90,104)(H,97,98)(H4,69,70,75)(H4,71,72,76)(H4,73,74,77)/t35-,37-,38-,39-,40-,41-,42-,43-,44-,45-,46-,47-,48-/m0/s1. The monoisotopic (exact) mass is 1670 g/mol. The minimum atomic E-state index is -1.96. The molecular weight excluding hydrogens is 1560 g/mol. The molecule has 0 unspecified atom stereocenters. The van der Waals surface area contributed by atoms with Gasteiger partial charge in [0.1, 0.15) is 78.5 Å². The number of rotatable bonds is 37. The summed E-state index contributed by atoms with van der Waals surface area (Å²) in [6, 6.07) is -19.2. The first kappa shape index (κ1) is 98.0. The lowest BCUT2D eigenvalue weighted by Gasteiger charge is -2.31. The van der Waals surface area contributed by atoms with E-state index in [1.807, 2.05) is 0 Å². The van der Waals surface area contributed by atoms with Crippen LogP contribution in [0.15, 0.2) is 15.0 Å². The number of aliphatic hydroxyl groups is 1. The molecule has 0 aromatic rings. The molecule has 3 aliphatic rings. The number of hydrogen-bond acceptors (Lipinski definition) is 24. The average Bonchev–Trinajstić information content (AvgIpc) is 1.65. The maximum atomic E-state index is 15.1. The molecule has 3 heterocycles. The number of nitrogens with zero attached hydrogens (tertiary/aromatic N) is 5. The summed E-state index contributed by atoms with van der Waals surface area (Å²) in [5, 5.41) is 52.8. The van der Waals surface area contributed by atoms with E-state index in [2.05, 4.69) is 84.1 Å². The van der Waals surface area contributed by atoms with Crippen molar-refractivity contribution in [1.29, 1.82) is 0 Å². The first-order valence-electron chi connectivity index (χ1n) is 37.2. The number of carbonyl (C=O) groups excluding carboxylic acids is 16. The summed E-state index contributed by atoms with van der Waals surface area (Å²) in [6.45, 7) is 6.49. The Balaban J connectivity index is 2.28. The maximum Gasteiger partial charge on any atom is 0.305 e. The number of carboxylic acid groups (broad SMARTS) is 1. The van der Waals surface area contributed by atoms with Crippen LogP contribution < -0.4 is 109 Å². The van der Waals surface area contributed by atoms with Crippen LogP contribution in [0.25, 0.3) is 0 Å². The van der Waals surface area contributed by atoms with E-state index in [1.54, 1.807) is 34.0 Å². The molecule has 3 rings (SSSR count). The van der Waals surface area contributed by atoms with Crippen LogP contribution >= 0.6 is 33.3 Å². The number of thioether (sulfide) groups is 1. The van der Waals surface area contributed by atoms with Gasteiger partial charge in [-0.05, 0) is 114 Å². The fourth-order valence-electron chi connectivity index (χ4n) is 12.0. The van der Waals surface area contributed by atoms with E-state index >= 15 is 9.59 Å². The number of nitrogens with two attached hydrogens (primary N) is 7. The predicted octanol–water partition coefficient (Wildman–Crippen LogP) is -9.07. The number of fused-ring (bicyclic) bond motifs is 1. The van der Waals surface area contributed by atoms with Crippen molar-refractivity contribution in [2.45, 2.75) is 210 Å². The van der Waals surface area contributed by atoms with Crippen LogP contribution in [-0.2, 0) is 81.5 Å². The van der Waals surface area contributed by atoms with Gasteiger partial charge in [-0.1, -0.05) is 49.3 Å². The van der Waals surface area contributed by atoms with Crippen molar-refractivity contribution in [2.24, 2.45) is 66.9 Å². The van der Waals surface area contributed by atoms with Gasteiger partial charge >= 0.3 is 5.97 Å². The van der Waals surface area contributed by atoms with E-state index in [4.69, 9.17) is 40.1 Å². The van der Waals surface area contributed by atoms with Crippen molar-refractivity contribution < 1.29 is 91.7 Å². The van der Waals surface area contributed by atoms with E-state index in [0.717, 1.165) is 33.4 Å². The molecule has 29 N–H and O–H groups in total. The lowest BCUT2D eigenvalue weighted by Crippen LogP contribution is -2.60. The highest BCUT2D eigenvalue weighted by Crippen LogP contribution is 2.26. The molecule has 44 nitrogen and oxygen atoms in total. The normalized spacial score (nSPS) is 21.6. The second-order valence-electron chi connectivity index (χ2n) is 28.1. The average molecular weight is 1670 g/mol. The number of carboxylic acids is 1. The molecule has 0 spiro atoms. The highest BCUT2D eigenvalue weighted by atomic mass is 33.1. The van der Waals surface area contributed by atoms with Crippen molar-refractivity contribution in [3.8, 4) is 0 Å². The number of amides is 16. The van der Waals surface area contributed by atoms with Gasteiger partial charge in [0.25, 0.3) is 0 Å². The van der Waals surface area contributed by atoms with Crippen LogP contribution in [0.2, 0.25) is 0 Å². The fourth-order valence-corrected chi connectivity index (χ4v) is 14.8. The van der Waals surface area contributed by atoms with Crippen molar-refractivity contribution in [3.05, 3.63) is 0 Å². The summed E-state index contributed by atoms with van der Waals surface area (Å²) in [5.41, 5.74) is 38.8. The second kappa shape index (κ2) is 50.8. The zero-order valence-corrected chi connectivity index (χ0v) is 67.6. The van der Waals surface area contributed by atoms with E-state index < -0.39 is 217 Å². The molecule has 0 bridgehead atoms. The number of likely N-dealkylation sites (tertiary alicyclic amines) is 1. The molecule has 0 aromatic heterocycles. The Morgan fingerprint density at radius 3 is 1.75 bits per heavy atom. The number of hydrogen-bond donors (Lipinski definition) is 22. The third kappa shape index (κ3) is 35.9. The molecule has 640 valence electrons. The summed E-state index contributed by atoms with van der Waals surface area (Å²) in [5.74, 6) is -18.7. The Kier molecular flexibility index (Phi) is 43.7. The molecule has 3 saturated heterocycles. The summed E-state index contributed by atoms with van der Waals surface area (Å²) >= 11 is 1.29. The van der Waals surface area contributed by atoms with Crippen LogP contribution in [0.4, 0.5) is 0 Å². The molecular formula is C67H115N25O19S3. The minimum Gasteiger partial charge on any atom is -0.481 e. The Labute approximate surface area is 672 Å². The molecule has 0 aliphatic carbocycles. The Bertz CT molecular complexity index is 3460. The van der Waals surface area contributed by atoms with Crippen LogP contribution in [0.3, 0.4) is 0 Å². The van der Waals surface area contributed by atoms with Gasteiger partial charge in [0, 0.05) is 51.2 Å². The maximum absolute atomic E-state index is 15.1. The summed E-state index contributed by atoms with van der Waals surface area (Å²) in [6.07, 6.45) is 0.955. The largest absolute Gasteiger partial charge is 0.481 e. The van der Waals surface area contributed by atoms with Gasteiger partial charge in [0.15, 0.2) is 17.9 Å². The predicted molar refractivity (Wildman–Crippen MR) is 423 cm³/mol. The van der Waals surface area contributed by atoms with Crippen molar-refractivity contribution in [2.75, 3.05) is 75.9 Å². The first-order valence-corrected chi connectivity index (χ1v) is 41.1. The smallest absolute Gasteiger partial charge is 0.305 e. The van der Waals surface area contributed by atoms with Crippen LogP contribution in [0.5, 0.6) is 0 Å². The van der Waals surface area contributed by atoms with Gasteiger partial charge < -0.3 is 129 Å². The molecule has 13 atom stereocenters. The molecule has 0 radical (unpaired) electrons. The highest BCUT2D eigenvalue weighted by Gasteiger charge is 2.43. The van der Waals surface area contributed by atoms with Gasteiger partial charge in [0.2, 0.25) is 94.5 Å². The summed E-state index contributed by atoms with van der Waals surface area (Å²) in [7, 11) is 1.56. The van der Waals surface area contributed by atoms with Gasteiger partial charge in [-0.3, -0.25) is 96.5 Å². The van der Waals surface area contributed by atoms with Gasteiger partial charge in [-0.2, -0.15) is 11.8 Å². The molecule has 3 aliphatic heterocycles. The minimum absolute atomic E-state index is 0.0123. The zero-order valence-electron chi connectivity index (χ0n) is 65.2. The topological polar surface area (TPSA) is 713 Å². The molecule has 16 amide bonds. The molecule has 47 heteroatoms. The lowest BCUT2D eigenvalue weighted by atomic mass is 10.0. The molecule has 0 aromatic carbocycles. The van der Waals surface area contributed by atoms with Crippen LogP contribution in [0, 0.1) is 11.8 Å². The first-order chi connectivity index (χ1) is 53.8. The highest BCUT2D eigenvalue weighted by molar-refractivity contribution is 8.76. The SMILES string of the molecule is CSCC[C@@H]1NC(=O)[C@@H](NC(=O)[C@H](CC(C)C)NC(=O)CNC(=O)[C@H](CO)NC(=O)[C@H](C)NC(C)=O)CSSC[C@@H](C(=O)N[C@@H](CC(=O)O)C(=O)N2CCC[C@H]2C(=O)N[C@@H](CCCN=C(N)N)C(N)=O)NC(=O)CNC(=O)[C@H](CCCN=C(N)N)NC(=O)[C@H](CC(C)C)NC(=O)[C@H](CCCN=C(N)N)NC(=O)[C@@H]2CCCN2C1=O. The molecule has 114 heavy (non-hydrogen) atoms. The van der Waals surface area contributed by atoms with Gasteiger partial charge in [-0.15, -0.1) is 0 Å². The van der Waals surface area contributed by atoms with E-state index in [-0.39, 0.29) is 152 Å². The number of aliphatic carboxylic acids is 1. The van der Waals surface area contributed by atoms with Crippen molar-refractivity contribution in [3.63, 3.8) is 0 Å². The van der Waals surface area contributed by atoms with Crippen molar-refractivity contribution in [1.82, 2.24) is 78.9 Å². The van der Waals surface area contributed by atoms with E-state index in [0.29, 0.717) is 0 Å². The van der Waals surface area contributed by atoms with E-state index in [9.17, 15) is 82.1 Å². The van der Waals surface area contributed by atoms with E-state index in [1.165, 1.54) is 23.6 Å². The number of primary amides is 1. The summed E-state index contributed by atoms with van der Waals surface area (Å²) in [4.78, 5) is 251. The van der Waals surface area contributed by atoms with Crippen molar-refractivity contribution >= 4 is 152 Å². The number of aliphatic imine (C=N–C) groups is 3. The quantitative estimate of drug-likeness (QED) is 0.0119. The number of carbonyl (C=O) groups is 17. The molecule has 0 saturated carbocycles. The number of nitrogens with one attached hydrogen (secondary N) is 13. The summed E-state index contributed by atoms with van der Waals surface area (Å²) < 4.78 is 0. The van der Waals surface area contributed by atoms with Crippen LogP contribution in [-0.4, -0.2) is 293 Å². The Morgan fingerprint density at radius 2 is 1.17 bits per heavy atom. The third-order valence-corrected chi connectivity index (χ3v) is 20.7. The fraction of sp³-hybridized carbons (Fsp3) is 0.701. The Morgan fingerprint density at radius 1 is 0.596 bits per heavy atom. The Hall–Kier alpha value is -10.2. The third-order valence-electron chi connectivity index (χ3n) is 17.7. The second-order valence-corrected chi connectivity index (χ2v) is 31.6. The number of guanidine groups is 3. The lowest BCUT2D eigenvalue weighted by molar-refractivity contribution is -0.146. The zero-order chi connectivity index (χ0) is 85.5. The molecule has 3 fully saturated rings. The van der Waals surface area contributed by atoms with Crippen LogP contribution in [0.1, 0.15) is 131 Å².